The van der Waals surface area contributed by atoms with E-state index in [-0.39, 0.29) is 12.0 Å². The molecule has 0 aliphatic heterocycles. The van der Waals surface area contributed by atoms with Gasteiger partial charge < -0.3 is 21.1 Å². The zero-order valence-corrected chi connectivity index (χ0v) is 16.3. The number of urea groups is 1. The maximum Gasteiger partial charge on any atom is 0.312 e. The number of amides is 3. The Bertz CT molecular complexity index is 957. The fraction of sp³-hybridized carbons (Fsp3) is 0.200. The summed E-state index contributed by atoms with van der Waals surface area (Å²) in [6.45, 7) is 1.40. The van der Waals surface area contributed by atoms with Gasteiger partial charge in [-0.1, -0.05) is 41.9 Å². The number of anilines is 1. The number of hydrogen-bond donors (Lipinski definition) is 3. The lowest BCUT2D eigenvalue weighted by molar-refractivity contribution is -0.153. The number of nitrogens with one attached hydrogen (secondary N) is 2. The van der Waals surface area contributed by atoms with Crippen LogP contribution in [0.1, 0.15) is 30.5 Å². The van der Waals surface area contributed by atoms with Gasteiger partial charge in [0.25, 0.3) is 5.91 Å². The number of primary amides is 1. The van der Waals surface area contributed by atoms with E-state index in [0.29, 0.717) is 16.3 Å². The van der Waals surface area contributed by atoms with Crippen LogP contribution in [0.4, 0.5) is 10.5 Å². The Labute approximate surface area is 172 Å². The molecule has 2 aromatic rings. The van der Waals surface area contributed by atoms with Crippen molar-refractivity contribution in [2.75, 3.05) is 5.32 Å². The lowest BCUT2D eigenvalue weighted by atomic mass is 10.0. The van der Waals surface area contributed by atoms with Crippen LogP contribution in [0.15, 0.2) is 48.5 Å². The van der Waals surface area contributed by atoms with E-state index >= 15 is 0 Å². The molecule has 150 valence electrons. The lowest BCUT2D eigenvalue weighted by Gasteiger charge is -2.20. The van der Waals surface area contributed by atoms with Crippen molar-refractivity contribution in [1.82, 2.24) is 5.32 Å². The zero-order valence-electron chi connectivity index (χ0n) is 15.5. The van der Waals surface area contributed by atoms with Gasteiger partial charge >= 0.3 is 12.0 Å². The molecule has 0 bridgehead atoms. The lowest BCUT2D eigenvalue weighted by Crippen LogP contribution is -2.36. The summed E-state index contributed by atoms with van der Waals surface area (Å²) in [7, 11) is 0. The summed E-state index contributed by atoms with van der Waals surface area (Å²) >= 11 is 6.13. The standard InChI is InChI=1S/C20H19ClN4O4/c1-12(19(27)24-16-9-5-2-6-13(16)11-22)29-18(26)10-17(25-20(23)28)14-7-3-4-8-15(14)21/h2-9,12,17H,10H2,1H3,(H,24,27)(H3,23,25,28)/t12-,17-/m0/s1. The average Bonchev–Trinajstić information content (AvgIpc) is 2.67. The second-order valence-electron chi connectivity index (χ2n) is 6.07. The summed E-state index contributed by atoms with van der Waals surface area (Å²) in [6.07, 6.45) is -1.41. The number of rotatable bonds is 7. The number of esters is 1. The normalized spacial score (nSPS) is 12.2. The Morgan fingerprint density at radius 1 is 1.17 bits per heavy atom. The first kappa shape index (κ1) is 21.7. The minimum absolute atomic E-state index is 0.279. The van der Waals surface area contributed by atoms with Crippen molar-refractivity contribution < 1.29 is 19.1 Å². The highest BCUT2D eigenvalue weighted by atomic mass is 35.5. The number of nitriles is 1. The Morgan fingerprint density at radius 3 is 2.48 bits per heavy atom. The molecule has 0 radical (unpaired) electrons. The third kappa shape index (κ3) is 6.23. The maximum atomic E-state index is 12.3. The molecule has 2 rings (SSSR count). The number of benzene rings is 2. The smallest absolute Gasteiger partial charge is 0.312 e. The van der Waals surface area contributed by atoms with Crippen LogP contribution in [-0.2, 0) is 14.3 Å². The fourth-order valence-corrected chi connectivity index (χ4v) is 2.83. The summed E-state index contributed by atoms with van der Waals surface area (Å²) < 4.78 is 5.16. The van der Waals surface area contributed by atoms with Crippen LogP contribution in [-0.4, -0.2) is 24.0 Å². The Hall–Kier alpha value is -3.57. The van der Waals surface area contributed by atoms with Gasteiger partial charge in [-0.25, -0.2) is 4.79 Å². The van der Waals surface area contributed by atoms with Crippen LogP contribution in [0.25, 0.3) is 0 Å². The van der Waals surface area contributed by atoms with Crippen LogP contribution < -0.4 is 16.4 Å². The number of nitrogens with two attached hydrogens (primary N) is 1. The van der Waals surface area contributed by atoms with Gasteiger partial charge in [0, 0.05) is 5.02 Å². The highest BCUT2D eigenvalue weighted by Crippen LogP contribution is 2.25. The second-order valence-corrected chi connectivity index (χ2v) is 6.47. The molecule has 0 aliphatic rings. The van der Waals surface area contributed by atoms with Gasteiger partial charge in [0.1, 0.15) is 6.07 Å². The fourth-order valence-electron chi connectivity index (χ4n) is 2.56. The Balaban J connectivity index is 2.03. The van der Waals surface area contributed by atoms with E-state index in [2.05, 4.69) is 10.6 Å². The summed E-state index contributed by atoms with van der Waals surface area (Å²) in [5, 5.41) is 14.4. The van der Waals surface area contributed by atoms with Gasteiger partial charge in [0.15, 0.2) is 6.10 Å². The molecule has 2 aromatic carbocycles. The molecule has 0 saturated heterocycles. The van der Waals surface area contributed by atoms with Gasteiger partial charge in [-0.05, 0) is 30.7 Å². The van der Waals surface area contributed by atoms with Crippen molar-refractivity contribution in [2.24, 2.45) is 5.73 Å². The van der Waals surface area contributed by atoms with E-state index in [9.17, 15) is 14.4 Å². The molecule has 0 aromatic heterocycles. The molecule has 0 fully saturated rings. The van der Waals surface area contributed by atoms with E-state index in [1.54, 1.807) is 48.5 Å². The largest absolute Gasteiger partial charge is 0.452 e. The third-order valence-electron chi connectivity index (χ3n) is 3.95. The topological polar surface area (TPSA) is 134 Å². The van der Waals surface area contributed by atoms with Crippen LogP contribution in [0.2, 0.25) is 5.02 Å². The number of carbonyl (C=O) groups excluding carboxylic acids is 3. The number of carbonyl (C=O) groups is 3. The van der Waals surface area contributed by atoms with E-state index in [1.807, 2.05) is 6.07 Å². The molecule has 29 heavy (non-hydrogen) atoms. The number of nitrogens with zero attached hydrogens (tertiary/aromatic N) is 1. The molecule has 0 unspecified atom stereocenters. The molecule has 0 heterocycles. The van der Waals surface area contributed by atoms with Crippen molar-refractivity contribution in [3.05, 3.63) is 64.7 Å². The van der Waals surface area contributed by atoms with Gasteiger partial charge in [-0.3, -0.25) is 9.59 Å². The highest BCUT2D eigenvalue weighted by molar-refractivity contribution is 6.31. The predicted molar refractivity (Wildman–Crippen MR) is 107 cm³/mol. The van der Waals surface area contributed by atoms with Crippen LogP contribution in [0.3, 0.4) is 0 Å². The first-order valence-corrected chi connectivity index (χ1v) is 8.99. The van der Waals surface area contributed by atoms with Crippen molar-refractivity contribution >= 4 is 35.2 Å². The summed E-state index contributed by atoms with van der Waals surface area (Å²) in [6, 6.07) is 13.4. The molecule has 9 heteroatoms. The first-order valence-electron chi connectivity index (χ1n) is 8.61. The van der Waals surface area contributed by atoms with Crippen molar-refractivity contribution in [3.8, 4) is 6.07 Å². The number of hydrogen-bond acceptors (Lipinski definition) is 5. The monoisotopic (exact) mass is 414 g/mol. The summed E-state index contributed by atoms with van der Waals surface area (Å²) in [5.74, 6) is -1.34. The van der Waals surface area contributed by atoms with Crippen molar-refractivity contribution in [1.29, 1.82) is 5.26 Å². The van der Waals surface area contributed by atoms with Gasteiger partial charge in [-0.2, -0.15) is 5.26 Å². The molecule has 8 nitrogen and oxygen atoms in total. The third-order valence-corrected chi connectivity index (χ3v) is 4.29. The minimum atomic E-state index is -1.13. The predicted octanol–water partition coefficient (Wildman–Crippen LogP) is 2.88. The molecule has 3 amide bonds. The molecular weight excluding hydrogens is 396 g/mol. The van der Waals surface area contributed by atoms with E-state index in [4.69, 9.17) is 27.3 Å². The number of halogens is 1. The highest BCUT2D eigenvalue weighted by Gasteiger charge is 2.24. The molecule has 0 aliphatic carbocycles. The van der Waals surface area contributed by atoms with Crippen LogP contribution in [0, 0.1) is 11.3 Å². The van der Waals surface area contributed by atoms with Gasteiger partial charge in [0.05, 0.1) is 23.7 Å². The molecule has 4 N–H and O–H groups in total. The number of ether oxygens (including phenoxy) is 1. The van der Waals surface area contributed by atoms with E-state index in [1.165, 1.54) is 6.92 Å². The number of para-hydroxylation sites is 1. The first-order chi connectivity index (χ1) is 13.8. The Morgan fingerprint density at radius 2 is 1.83 bits per heavy atom. The van der Waals surface area contributed by atoms with Gasteiger partial charge in [-0.15, -0.1) is 0 Å². The minimum Gasteiger partial charge on any atom is -0.452 e. The Kier molecular flexibility index (Phi) is 7.57. The molecular formula is C20H19ClN4O4. The summed E-state index contributed by atoms with van der Waals surface area (Å²) in [4.78, 5) is 35.9. The maximum absolute atomic E-state index is 12.3. The zero-order chi connectivity index (χ0) is 21.4. The van der Waals surface area contributed by atoms with Crippen molar-refractivity contribution in [3.63, 3.8) is 0 Å². The average molecular weight is 415 g/mol. The van der Waals surface area contributed by atoms with Crippen molar-refractivity contribution in [2.45, 2.75) is 25.5 Å². The van der Waals surface area contributed by atoms with E-state index in [0.717, 1.165) is 0 Å². The molecule has 0 saturated carbocycles. The SMILES string of the molecule is C[C@H](OC(=O)C[C@H](NC(N)=O)c1ccccc1Cl)C(=O)Nc1ccccc1C#N. The molecule has 0 spiro atoms. The summed E-state index contributed by atoms with van der Waals surface area (Å²) in [5.41, 5.74) is 6.27. The van der Waals surface area contributed by atoms with Crippen LogP contribution in [0.5, 0.6) is 0 Å². The van der Waals surface area contributed by atoms with Crippen LogP contribution >= 0.6 is 11.6 Å². The quantitative estimate of drug-likeness (QED) is 0.599. The van der Waals surface area contributed by atoms with E-state index < -0.39 is 30.1 Å². The second kappa shape index (κ2) is 10.1. The van der Waals surface area contributed by atoms with Gasteiger partial charge in [0.2, 0.25) is 0 Å². The molecule has 2 atom stereocenters.